The van der Waals surface area contributed by atoms with Crippen LogP contribution in [0.5, 0.6) is 0 Å². The molecule has 0 aliphatic carbocycles. The number of nitrogens with two attached hydrogens (primary N) is 1. The summed E-state index contributed by atoms with van der Waals surface area (Å²) < 4.78 is 0. The van der Waals surface area contributed by atoms with Gasteiger partial charge in [0.1, 0.15) is 6.20 Å². The van der Waals surface area contributed by atoms with Gasteiger partial charge in [-0.2, -0.15) is 0 Å². The SMILES string of the molecule is CN(C)C/C=C(\Cl)C1=C[NH2+]C=C1. The van der Waals surface area contributed by atoms with Gasteiger partial charge >= 0.3 is 0 Å². The normalized spacial score (nSPS) is 17.3. The van der Waals surface area contributed by atoms with E-state index >= 15 is 0 Å². The molecule has 0 saturated carbocycles. The summed E-state index contributed by atoms with van der Waals surface area (Å²) in [6.45, 7) is 0.879. The molecule has 1 rings (SSSR count). The molecule has 1 aliphatic heterocycles. The van der Waals surface area contributed by atoms with Crippen LogP contribution >= 0.6 is 11.6 Å². The third-order valence-corrected chi connectivity index (χ3v) is 1.95. The molecule has 1 aliphatic rings. The standard InChI is InChI=1S/C9H13ClN2/c1-12(2)6-4-9(10)8-3-5-11-7-8/h3-5,7,11H,6H2,1-2H3/p+1/b9-4-. The fraction of sp³-hybridized carbons (Fsp3) is 0.333. The van der Waals surface area contributed by atoms with Gasteiger partial charge < -0.3 is 4.90 Å². The number of hydrogen-bond donors (Lipinski definition) is 1. The fourth-order valence-corrected chi connectivity index (χ4v) is 1.11. The van der Waals surface area contributed by atoms with Crippen LogP contribution in [0.2, 0.25) is 0 Å². The average molecular weight is 186 g/mol. The fourth-order valence-electron chi connectivity index (χ4n) is 0.914. The number of quaternary nitrogens is 1. The first-order chi connectivity index (χ1) is 5.70. The van der Waals surface area contributed by atoms with Crippen molar-refractivity contribution in [3.8, 4) is 0 Å². The molecule has 0 unspecified atom stereocenters. The molecular formula is C9H14ClN2+. The quantitative estimate of drug-likeness (QED) is 0.685. The van der Waals surface area contributed by atoms with Crippen LogP contribution in [0.15, 0.2) is 35.2 Å². The molecule has 0 bridgehead atoms. The Morgan fingerprint density at radius 1 is 1.67 bits per heavy atom. The van der Waals surface area contributed by atoms with E-state index in [1.165, 1.54) is 0 Å². The lowest BCUT2D eigenvalue weighted by molar-refractivity contribution is -0.510. The molecule has 12 heavy (non-hydrogen) atoms. The maximum Gasteiger partial charge on any atom is 0.106 e. The lowest BCUT2D eigenvalue weighted by Crippen LogP contribution is -2.69. The molecular weight excluding hydrogens is 172 g/mol. The molecule has 0 atom stereocenters. The zero-order chi connectivity index (χ0) is 8.97. The summed E-state index contributed by atoms with van der Waals surface area (Å²) in [6.07, 6.45) is 8.01. The molecule has 0 aromatic rings. The maximum absolute atomic E-state index is 6.03. The number of halogens is 1. The molecule has 0 saturated heterocycles. The number of allylic oxidation sites excluding steroid dienone is 3. The van der Waals surface area contributed by atoms with Crippen LogP contribution in [-0.2, 0) is 0 Å². The van der Waals surface area contributed by atoms with Gasteiger partial charge in [0.05, 0.1) is 16.8 Å². The largest absolute Gasteiger partial charge is 0.306 e. The summed E-state index contributed by atoms with van der Waals surface area (Å²) in [5, 5.41) is 2.81. The first-order valence-corrected chi connectivity index (χ1v) is 4.30. The summed E-state index contributed by atoms with van der Waals surface area (Å²) in [7, 11) is 4.04. The smallest absolute Gasteiger partial charge is 0.106 e. The van der Waals surface area contributed by atoms with Crippen molar-refractivity contribution >= 4 is 11.6 Å². The summed E-state index contributed by atoms with van der Waals surface area (Å²) in [5.74, 6) is 0. The van der Waals surface area contributed by atoms with Crippen molar-refractivity contribution in [1.29, 1.82) is 0 Å². The van der Waals surface area contributed by atoms with E-state index in [2.05, 4.69) is 4.90 Å². The Morgan fingerprint density at radius 3 is 2.92 bits per heavy atom. The highest BCUT2D eigenvalue weighted by molar-refractivity contribution is 6.32. The third-order valence-electron chi connectivity index (χ3n) is 1.57. The van der Waals surface area contributed by atoms with Crippen LogP contribution in [0.1, 0.15) is 0 Å². The van der Waals surface area contributed by atoms with E-state index in [-0.39, 0.29) is 0 Å². The molecule has 0 aromatic carbocycles. The number of likely N-dealkylation sites (N-methyl/N-ethyl adjacent to an activating group) is 1. The summed E-state index contributed by atoms with van der Waals surface area (Å²) in [5.41, 5.74) is 1.10. The lowest BCUT2D eigenvalue weighted by Gasteiger charge is -2.04. The zero-order valence-electron chi connectivity index (χ0n) is 7.42. The summed E-state index contributed by atoms with van der Waals surface area (Å²) in [6, 6.07) is 0. The van der Waals surface area contributed by atoms with Crippen molar-refractivity contribution in [2.45, 2.75) is 0 Å². The molecule has 0 fully saturated rings. The number of rotatable bonds is 3. The minimum absolute atomic E-state index is 0.828. The predicted octanol–water partition coefficient (Wildman–Crippen LogP) is 0.645. The molecule has 2 nitrogen and oxygen atoms in total. The van der Waals surface area contributed by atoms with Crippen LogP contribution < -0.4 is 5.32 Å². The van der Waals surface area contributed by atoms with Crippen molar-refractivity contribution in [1.82, 2.24) is 4.90 Å². The average Bonchev–Trinajstić information content (AvgIpc) is 2.51. The van der Waals surface area contributed by atoms with Crippen molar-refractivity contribution in [3.05, 3.63) is 35.2 Å². The van der Waals surface area contributed by atoms with Gasteiger partial charge in [-0.05, 0) is 14.1 Å². The van der Waals surface area contributed by atoms with E-state index in [0.717, 1.165) is 17.2 Å². The van der Waals surface area contributed by atoms with Crippen molar-refractivity contribution in [2.24, 2.45) is 0 Å². The van der Waals surface area contributed by atoms with Gasteiger partial charge in [0, 0.05) is 12.6 Å². The zero-order valence-corrected chi connectivity index (χ0v) is 8.17. The van der Waals surface area contributed by atoms with E-state index in [1.54, 1.807) is 0 Å². The number of nitrogens with zero attached hydrogens (tertiary/aromatic N) is 1. The van der Waals surface area contributed by atoms with Crippen molar-refractivity contribution in [3.63, 3.8) is 0 Å². The summed E-state index contributed by atoms with van der Waals surface area (Å²) >= 11 is 6.03. The topological polar surface area (TPSA) is 19.9 Å². The van der Waals surface area contributed by atoms with Gasteiger partial charge in [0.2, 0.25) is 0 Å². The first kappa shape index (κ1) is 9.52. The minimum atomic E-state index is 0.828. The Morgan fingerprint density at radius 2 is 2.42 bits per heavy atom. The number of hydrogen-bond acceptors (Lipinski definition) is 1. The third kappa shape index (κ3) is 2.81. The van der Waals surface area contributed by atoms with Gasteiger partial charge in [0.25, 0.3) is 0 Å². The van der Waals surface area contributed by atoms with E-state index in [1.807, 2.05) is 44.0 Å². The summed E-state index contributed by atoms with van der Waals surface area (Å²) in [4.78, 5) is 2.07. The molecule has 3 heteroatoms. The van der Waals surface area contributed by atoms with E-state index < -0.39 is 0 Å². The highest BCUT2D eigenvalue weighted by Crippen LogP contribution is 2.15. The van der Waals surface area contributed by atoms with Crippen LogP contribution in [-0.4, -0.2) is 25.5 Å². The van der Waals surface area contributed by atoms with Gasteiger partial charge in [-0.3, -0.25) is 5.32 Å². The molecule has 0 aromatic heterocycles. The van der Waals surface area contributed by atoms with Crippen molar-refractivity contribution in [2.75, 3.05) is 20.6 Å². The minimum Gasteiger partial charge on any atom is -0.306 e. The van der Waals surface area contributed by atoms with E-state index in [4.69, 9.17) is 11.6 Å². The second kappa shape index (κ2) is 4.45. The van der Waals surface area contributed by atoms with Gasteiger partial charge in [-0.15, -0.1) is 0 Å². The monoisotopic (exact) mass is 185 g/mol. The van der Waals surface area contributed by atoms with Crippen molar-refractivity contribution < 1.29 is 5.32 Å². The van der Waals surface area contributed by atoms with Gasteiger partial charge in [-0.25, -0.2) is 0 Å². The Hall–Kier alpha value is -0.570. The Labute approximate surface area is 78.2 Å². The first-order valence-electron chi connectivity index (χ1n) is 3.92. The Balaban J connectivity index is 2.51. The highest BCUT2D eigenvalue weighted by atomic mass is 35.5. The van der Waals surface area contributed by atoms with Crippen LogP contribution in [0.4, 0.5) is 0 Å². The molecule has 2 N–H and O–H groups in total. The van der Waals surface area contributed by atoms with Crippen LogP contribution in [0.25, 0.3) is 0 Å². The lowest BCUT2D eigenvalue weighted by atomic mass is 10.2. The molecule has 0 spiro atoms. The molecule has 0 radical (unpaired) electrons. The Kier molecular flexibility index (Phi) is 3.53. The van der Waals surface area contributed by atoms with Crippen LogP contribution in [0.3, 0.4) is 0 Å². The molecule has 1 heterocycles. The maximum atomic E-state index is 6.03. The van der Waals surface area contributed by atoms with Gasteiger partial charge in [-0.1, -0.05) is 17.7 Å². The second-order valence-electron chi connectivity index (χ2n) is 2.99. The predicted molar refractivity (Wildman–Crippen MR) is 51.6 cm³/mol. The molecule has 66 valence electrons. The van der Waals surface area contributed by atoms with E-state index in [0.29, 0.717) is 0 Å². The molecule has 0 amide bonds. The van der Waals surface area contributed by atoms with Crippen LogP contribution in [0, 0.1) is 0 Å². The highest BCUT2D eigenvalue weighted by Gasteiger charge is 2.04. The second-order valence-corrected chi connectivity index (χ2v) is 3.40. The van der Waals surface area contributed by atoms with E-state index in [9.17, 15) is 0 Å². The Bertz CT molecular complexity index is 239. The van der Waals surface area contributed by atoms with Gasteiger partial charge in [0.15, 0.2) is 0 Å².